The van der Waals surface area contributed by atoms with Crippen molar-refractivity contribution in [2.45, 2.75) is 41.3 Å². The van der Waals surface area contributed by atoms with Crippen LogP contribution < -0.4 is 0 Å². The van der Waals surface area contributed by atoms with E-state index in [-0.39, 0.29) is 12.1 Å². The van der Waals surface area contributed by atoms with Crippen LogP contribution in [0.2, 0.25) is 0 Å². The molecule has 0 radical (unpaired) electrons. The van der Waals surface area contributed by atoms with Crippen LogP contribution in [0.1, 0.15) is 33.6 Å². The highest BCUT2D eigenvalue weighted by atomic mass is 32.2. The molecule has 0 fully saturated rings. The summed E-state index contributed by atoms with van der Waals surface area (Å²) in [6, 6.07) is 0.390. The molecule has 4 N–H and O–H groups in total. The van der Waals surface area contributed by atoms with Crippen LogP contribution in [0.4, 0.5) is 35.1 Å². The zero-order chi connectivity index (χ0) is 29.0. The Labute approximate surface area is 202 Å². The molecule has 1 rings (SSSR count). The average molecular weight is 578 g/mol. The van der Waals surface area contributed by atoms with E-state index < -0.39 is 107 Å². The summed E-state index contributed by atoms with van der Waals surface area (Å²) >= 11 is 0. The third kappa shape index (κ3) is 7.62. The maximum atomic E-state index is 12.7. The van der Waals surface area contributed by atoms with Gasteiger partial charge >= 0.3 is 24.3 Å². The van der Waals surface area contributed by atoms with E-state index in [2.05, 4.69) is 9.47 Å². The molecule has 212 valence electrons. The topological polar surface area (TPSA) is 168 Å². The van der Waals surface area contributed by atoms with Crippen molar-refractivity contribution >= 4 is 22.1 Å². The Balaban J connectivity index is 3.20. The highest BCUT2D eigenvalue weighted by Gasteiger charge is 2.54. The van der Waals surface area contributed by atoms with Crippen LogP contribution in [0.3, 0.4) is 0 Å². The van der Waals surface area contributed by atoms with Crippen LogP contribution in [0, 0.1) is 0 Å². The van der Waals surface area contributed by atoms with Crippen molar-refractivity contribution in [1.82, 2.24) is 0 Å². The first-order valence-corrected chi connectivity index (χ1v) is 11.0. The van der Waals surface area contributed by atoms with Crippen LogP contribution in [-0.4, -0.2) is 90.3 Å². The van der Waals surface area contributed by atoms with Crippen molar-refractivity contribution in [2.75, 3.05) is 26.6 Å². The minimum atomic E-state index is -5.49. The number of aliphatic hydroxyl groups is 2. The van der Waals surface area contributed by atoms with E-state index in [4.69, 9.17) is 0 Å². The van der Waals surface area contributed by atoms with Gasteiger partial charge in [-0.1, -0.05) is 0 Å². The number of rotatable bonds is 11. The minimum Gasteiger partial charge on any atom is -0.506 e. The average Bonchev–Trinajstić information content (AvgIpc) is 2.76. The van der Waals surface area contributed by atoms with Crippen LogP contribution in [0.15, 0.2) is 17.0 Å². The normalized spacial score (nSPS) is 16.0. The monoisotopic (exact) mass is 578 g/mol. The molecular formula is C18H18F8O10S. The third-order valence-corrected chi connectivity index (χ3v) is 5.65. The fraction of sp³-hybridized carbons (Fsp3) is 0.556. The first kappa shape index (κ1) is 32.3. The predicted molar refractivity (Wildman–Crippen MR) is 102 cm³/mol. The Morgan fingerprint density at radius 3 is 1.35 bits per heavy atom. The summed E-state index contributed by atoms with van der Waals surface area (Å²) in [6.45, 7) is -7.38. The number of hydrogen-bond donors (Lipinski definition) is 4. The summed E-state index contributed by atoms with van der Waals surface area (Å²) in [6.07, 6.45) is -14.1. The fourth-order valence-electron chi connectivity index (χ4n) is 2.42. The van der Waals surface area contributed by atoms with E-state index in [1.54, 1.807) is 0 Å². The number of carbonyl (C=O) groups excluding carboxylic acids is 2. The number of carbonyl (C=O) groups is 2. The van der Waals surface area contributed by atoms with Gasteiger partial charge in [-0.15, -0.1) is 0 Å². The molecule has 0 aromatic heterocycles. The van der Waals surface area contributed by atoms with Crippen molar-refractivity contribution < 1.29 is 82.5 Å². The summed E-state index contributed by atoms with van der Waals surface area (Å²) in [5.41, 5.74) is -10.4. The molecule has 0 saturated heterocycles. The Morgan fingerprint density at radius 2 is 1.11 bits per heavy atom. The van der Waals surface area contributed by atoms with E-state index in [1.165, 1.54) is 0 Å². The molecule has 1 aromatic rings. The van der Waals surface area contributed by atoms with E-state index in [0.717, 1.165) is 0 Å². The van der Waals surface area contributed by atoms with E-state index in [1.807, 2.05) is 0 Å². The molecule has 0 bridgehead atoms. The lowest BCUT2D eigenvalue weighted by Crippen LogP contribution is -2.48. The Hall–Kier alpha value is -2.77. The fourth-order valence-corrected chi connectivity index (χ4v) is 2.95. The van der Waals surface area contributed by atoms with Gasteiger partial charge in [0, 0.05) is 12.8 Å². The zero-order valence-electron chi connectivity index (χ0n) is 18.1. The second kappa shape index (κ2) is 11.3. The number of esters is 2. The highest BCUT2D eigenvalue weighted by molar-refractivity contribution is 7.85. The number of aromatic hydroxyl groups is 1. The number of phenols is 1. The van der Waals surface area contributed by atoms with E-state index >= 15 is 0 Å². The predicted octanol–water partition coefficient (Wildman–Crippen LogP) is 2.26. The van der Waals surface area contributed by atoms with Gasteiger partial charge in [0.05, 0.1) is 18.1 Å². The van der Waals surface area contributed by atoms with Gasteiger partial charge in [0.1, 0.15) is 30.2 Å². The number of ether oxygens (including phenoxy) is 2. The molecule has 0 spiro atoms. The molecule has 10 nitrogen and oxygen atoms in total. The number of halogens is 8. The first-order valence-electron chi connectivity index (χ1n) is 9.52. The largest absolute Gasteiger partial charge is 0.506 e. The van der Waals surface area contributed by atoms with Crippen molar-refractivity contribution in [2.24, 2.45) is 0 Å². The van der Waals surface area contributed by atoms with Crippen LogP contribution in [-0.2, 0) is 19.6 Å². The summed E-state index contributed by atoms with van der Waals surface area (Å²) < 4.78 is 142. The second-order valence-corrected chi connectivity index (χ2v) is 8.86. The molecule has 0 amide bonds. The summed E-state index contributed by atoms with van der Waals surface area (Å²) in [5.74, 6) is -5.16. The van der Waals surface area contributed by atoms with Crippen molar-refractivity contribution in [3.63, 3.8) is 0 Å². The van der Waals surface area contributed by atoms with Gasteiger partial charge in [-0.2, -0.15) is 34.8 Å². The molecular weight excluding hydrogens is 560 g/mol. The maximum Gasteiger partial charge on any atom is 0.419 e. The molecule has 0 aliphatic carbocycles. The van der Waals surface area contributed by atoms with Crippen molar-refractivity contribution in [3.05, 3.63) is 23.3 Å². The van der Waals surface area contributed by atoms with Crippen molar-refractivity contribution in [3.8, 4) is 5.75 Å². The van der Waals surface area contributed by atoms with Gasteiger partial charge in [0.25, 0.3) is 10.1 Å². The minimum absolute atomic E-state index is 0.195. The second-order valence-electron chi connectivity index (χ2n) is 7.44. The van der Waals surface area contributed by atoms with Gasteiger partial charge in [-0.05, 0) is 12.1 Å². The maximum absolute atomic E-state index is 12.7. The number of alkyl halides is 8. The van der Waals surface area contributed by atoms with Crippen molar-refractivity contribution in [1.29, 1.82) is 0 Å². The molecule has 2 unspecified atom stereocenters. The van der Waals surface area contributed by atoms with E-state index in [9.17, 15) is 73.0 Å². The molecule has 0 aliphatic rings. The van der Waals surface area contributed by atoms with Crippen LogP contribution in [0.5, 0.6) is 5.75 Å². The Kier molecular flexibility index (Phi) is 9.87. The van der Waals surface area contributed by atoms with Gasteiger partial charge < -0.3 is 24.8 Å². The molecule has 2 atom stereocenters. The lowest BCUT2D eigenvalue weighted by atomic mass is 10.0. The quantitative estimate of drug-likeness (QED) is 0.174. The first-order chi connectivity index (χ1) is 16.6. The molecule has 1 aromatic carbocycles. The summed E-state index contributed by atoms with van der Waals surface area (Å²) in [5, 5.41) is 28.6. The van der Waals surface area contributed by atoms with Crippen LogP contribution in [0.25, 0.3) is 0 Å². The Bertz CT molecular complexity index is 1040. The standard InChI is InChI=1S/C18H18F8O10S/c19-7-15(30,17(21,22)23)1-3-35-13(28)10-5-9(37(32,33)34)6-11(12(10)27)14(29)36-4-2-16(31,8-20)18(24,25)26/h5-6,27,30-31H,1-4,7-8H2,(H,32,33,34). The summed E-state index contributed by atoms with van der Waals surface area (Å²) in [4.78, 5) is 23.0. The van der Waals surface area contributed by atoms with Gasteiger partial charge in [-0.25, -0.2) is 18.4 Å². The third-order valence-electron chi connectivity index (χ3n) is 4.82. The van der Waals surface area contributed by atoms with Crippen LogP contribution >= 0.6 is 0 Å². The lowest BCUT2D eigenvalue weighted by molar-refractivity contribution is -0.268. The number of hydrogen-bond acceptors (Lipinski definition) is 9. The zero-order valence-corrected chi connectivity index (χ0v) is 18.9. The smallest absolute Gasteiger partial charge is 0.419 e. The summed E-state index contributed by atoms with van der Waals surface area (Å²) in [7, 11) is -5.27. The molecule has 37 heavy (non-hydrogen) atoms. The lowest BCUT2D eigenvalue weighted by Gasteiger charge is -2.27. The number of benzene rings is 1. The van der Waals surface area contributed by atoms with Gasteiger partial charge in [0.15, 0.2) is 11.2 Å². The number of phenolic OH excluding ortho intramolecular Hbond substituents is 1. The SMILES string of the molecule is O=C(OCCC(O)(CF)C(F)(F)F)c1cc(S(=O)(=O)O)cc(C(=O)OCCC(O)(CF)C(F)(F)F)c1O. The molecule has 0 heterocycles. The highest BCUT2D eigenvalue weighted by Crippen LogP contribution is 2.35. The molecule has 0 saturated carbocycles. The van der Waals surface area contributed by atoms with Gasteiger partial charge in [-0.3, -0.25) is 4.55 Å². The molecule has 0 aliphatic heterocycles. The Morgan fingerprint density at radius 1 is 0.784 bits per heavy atom. The van der Waals surface area contributed by atoms with Gasteiger partial charge in [0.2, 0.25) is 0 Å². The molecule has 19 heteroatoms. The van der Waals surface area contributed by atoms with E-state index in [0.29, 0.717) is 0 Å².